The molecule has 0 radical (unpaired) electrons. The van der Waals surface area contributed by atoms with Crippen molar-refractivity contribution in [2.75, 3.05) is 39.8 Å². The zero-order chi connectivity index (χ0) is 21.3. The van der Waals surface area contributed by atoms with Crippen LogP contribution < -0.4 is 0 Å². The Morgan fingerprint density at radius 2 is 1.23 bits per heavy atom. The molecular weight excluding hydrogens is 382 g/mol. The molecule has 3 aromatic carbocycles. The lowest BCUT2D eigenvalue weighted by atomic mass is 9.68. The second-order valence-electron chi connectivity index (χ2n) is 8.59. The quantitative estimate of drug-likeness (QED) is 0.655. The summed E-state index contributed by atoms with van der Waals surface area (Å²) in [6.45, 7) is 4.37. The third kappa shape index (κ3) is 3.36. The van der Waals surface area contributed by atoms with Gasteiger partial charge in [-0.2, -0.15) is 0 Å². The van der Waals surface area contributed by atoms with E-state index in [4.69, 9.17) is 0 Å². The van der Waals surface area contributed by atoms with Crippen LogP contribution in [-0.4, -0.2) is 66.4 Å². The normalized spacial score (nSPS) is 21.5. The van der Waals surface area contributed by atoms with Gasteiger partial charge in [0.1, 0.15) is 0 Å². The molecule has 0 N–H and O–H groups in total. The Morgan fingerprint density at radius 1 is 0.742 bits per heavy atom. The van der Waals surface area contributed by atoms with Crippen molar-refractivity contribution in [2.45, 2.75) is 11.6 Å². The maximum Gasteiger partial charge on any atom is 0.253 e. The molecule has 158 valence electrons. The van der Waals surface area contributed by atoms with Crippen molar-refractivity contribution >= 4 is 5.91 Å². The van der Waals surface area contributed by atoms with E-state index < -0.39 is 0 Å². The number of hydrogen-bond acceptors (Lipinski definition) is 3. The Hall–Kier alpha value is -2.95. The number of likely N-dealkylation sites (tertiary alicyclic amines) is 1. The fourth-order valence-electron chi connectivity index (χ4n) is 5.43. The standard InChI is InChI=1S/C27H29N3O/c1-28-21-25(27(28,23-13-7-3-8-14-23)24-15-9-4-10-16-24)29-17-19-30(20-18-29)26(31)22-11-5-2-6-12-22/h2-16,25H,17-21H2,1H3. The van der Waals surface area contributed by atoms with Crippen molar-refractivity contribution in [1.82, 2.24) is 14.7 Å². The molecule has 2 heterocycles. The van der Waals surface area contributed by atoms with Crippen LogP contribution in [0, 0.1) is 0 Å². The summed E-state index contributed by atoms with van der Waals surface area (Å²) in [5, 5.41) is 0. The van der Waals surface area contributed by atoms with Crippen molar-refractivity contribution in [2.24, 2.45) is 0 Å². The summed E-state index contributed by atoms with van der Waals surface area (Å²) in [5.74, 6) is 0.142. The maximum absolute atomic E-state index is 12.9. The number of hydrogen-bond donors (Lipinski definition) is 0. The molecule has 4 heteroatoms. The summed E-state index contributed by atoms with van der Waals surface area (Å²) in [4.78, 5) is 20.0. The molecular formula is C27H29N3O. The number of amides is 1. The summed E-state index contributed by atoms with van der Waals surface area (Å²) in [7, 11) is 2.23. The van der Waals surface area contributed by atoms with Crippen LogP contribution in [-0.2, 0) is 5.54 Å². The van der Waals surface area contributed by atoms with Crippen LogP contribution in [0.2, 0.25) is 0 Å². The van der Waals surface area contributed by atoms with E-state index in [0.29, 0.717) is 6.04 Å². The van der Waals surface area contributed by atoms with E-state index in [1.807, 2.05) is 35.2 Å². The highest BCUT2D eigenvalue weighted by atomic mass is 16.2. The molecule has 1 atom stereocenters. The smallest absolute Gasteiger partial charge is 0.253 e. The van der Waals surface area contributed by atoms with Gasteiger partial charge in [0.15, 0.2) is 0 Å². The number of rotatable bonds is 4. The monoisotopic (exact) mass is 411 g/mol. The van der Waals surface area contributed by atoms with Crippen molar-refractivity contribution in [1.29, 1.82) is 0 Å². The van der Waals surface area contributed by atoms with Gasteiger partial charge in [0.2, 0.25) is 0 Å². The largest absolute Gasteiger partial charge is 0.336 e. The van der Waals surface area contributed by atoms with E-state index in [0.717, 1.165) is 38.3 Å². The second-order valence-corrected chi connectivity index (χ2v) is 8.59. The van der Waals surface area contributed by atoms with Gasteiger partial charge in [-0.25, -0.2) is 0 Å². The third-order valence-electron chi connectivity index (χ3n) is 7.02. The predicted molar refractivity (Wildman–Crippen MR) is 124 cm³/mol. The minimum Gasteiger partial charge on any atom is -0.336 e. The lowest BCUT2D eigenvalue weighted by Gasteiger charge is -2.62. The molecule has 0 aliphatic carbocycles. The average Bonchev–Trinajstić information content (AvgIpc) is 2.84. The van der Waals surface area contributed by atoms with E-state index in [2.05, 4.69) is 77.5 Å². The van der Waals surface area contributed by atoms with Gasteiger partial charge in [0, 0.05) is 44.3 Å². The van der Waals surface area contributed by atoms with E-state index in [1.165, 1.54) is 11.1 Å². The third-order valence-corrected chi connectivity index (χ3v) is 7.02. The first-order valence-corrected chi connectivity index (χ1v) is 11.1. The molecule has 0 saturated carbocycles. The second kappa shape index (κ2) is 8.29. The van der Waals surface area contributed by atoms with Gasteiger partial charge in [-0.1, -0.05) is 78.9 Å². The van der Waals surface area contributed by atoms with Crippen LogP contribution in [0.5, 0.6) is 0 Å². The van der Waals surface area contributed by atoms with Crippen LogP contribution in [0.25, 0.3) is 0 Å². The maximum atomic E-state index is 12.9. The molecule has 3 aromatic rings. The lowest BCUT2D eigenvalue weighted by Crippen LogP contribution is -2.74. The highest BCUT2D eigenvalue weighted by molar-refractivity contribution is 5.94. The van der Waals surface area contributed by atoms with Gasteiger partial charge in [-0.15, -0.1) is 0 Å². The predicted octanol–water partition coefficient (Wildman–Crippen LogP) is 3.70. The zero-order valence-electron chi connectivity index (χ0n) is 18.0. The first-order chi connectivity index (χ1) is 15.2. The molecule has 31 heavy (non-hydrogen) atoms. The number of nitrogens with zero attached hydrogens (tertiary/aromatic N) is 3. The molecule has 0 aromatic heterocycles. The van der Waals surface area contributed by atoms with Crippen molar-refractivity contribution in [3.63, 3.8) is 0 Å². The molecule has 2 aliphatic rings. The molecule has 2 aliphatic heterocycles. The van der Waals surface area contributed by atoms with E-state index >= 15 is 0 Å². The highest BCUT2D eigenvalue weighted by Gasteiger charge is 2.56. The molecule has 4 nitrogen and oxygen atoms in total. The number of likely N-dealkylation sites (N-methyl/N-ethyl adjacent to an activating group) is 1. The molecule has 2 saturated heterocycles. The molecule has 0 bridgehead atoms. The number of carbonyl (C=O) groups excluding carboxylic acids is 1. The SMILES string of the molecule is CN1CC(N2CCN(C(=O)c3ccccc3)CC2)C1(c1ccccc1)c1ccccc1. The first-order valence-electron chi connectivity index (χ1n) is 11.1. The van der Waals surface area contributed by atoms with Crippen LogP contribution in [0.3, 0.4) is 0 Å². The lowest BCUT2D eigenvalue weighted by molar-refractivity contribution is -0.0820. The number of benzene rings is 3. The minimum atomic E-state index is -0.159. The van der Waals surface area contributed by atoms with Crippen molar-refractivity contribution < 1.29 is 4.79 Å². The molecule has 5 rings (SSSR count). The first kappa shape index (κ1) is 20.0. The van der Waals surface area contributed by atoms with E-state index in [-0.39, 0.29) is 11.4 Å². The van der Waals surface area contributed by atoms with Gasteiger partial charge >= 0.3 is 0 Å². The summed E-state index contributed by atoms with van der Waals surface area (Å²) < 4.78 is 0. The Bertz CT molecular complexity index is 975. The molecule has 1 unspecified atom stereocenters. The Labute approximate surface area is 184 Å². The van der Waals surface area contributed by atoms with Crippen molar-refractivity contribution in [3.05, 3.63) is 108 Å². The van der Waals surface area contributed by atoms with Gasteiger partial charge in [-0.3, -0.25) is 14.6 Å². The van der Waals surface area contributed by atoms with Gasteiger partial charge < -0.3 is 4.90 Å². The summed E-state index contributed by atoms with van der Waals surface area (Å²) in [6, 6.07) is 31.8. The summed E-state index contributed by atoms with van der Waals surface area (Å²) in [6.07, 6.45) is 0. The van der Waals surface area contributed by atoms with Crippen molar-refractivity contribution in [3.8, 4) is 0 Å². The fourth-order valence-corrected chi connectivity index (χ4v) is 5.43. The van der Waals surface area contributed by atoms with E-state index in [9.17, 15) is 4.79 Å². The summed E-state index contributed by atoms with van der Waals surface area (Å²) >= 11 is 0. The molecule has 2 fully saturated rings. The van der Waals surface area contributed by atoms with E-state index in [1.54, 1.807) is 0 Å². The Balaban J connectivity index is 1.40. The Kier molecular flexibility index (Phi) is 5.34. The van der Waals surface area contributed by atoms with Gasteiger partial charge in [0.25, 0.3) is 5.91 Å². The topological polar surface area (TPSA) is 26.8 Å². The Morgan fingerprint density at radius 3 is 1.71 bits per heavy atom. The number of carbonyl (C=O) groups is 1. The van der Waals surface area contributed by atoms with Crippen LogP contribution >= 0.6 is 0 Å². The van der Waals surface area contributed by atoms with Crippen LogP contribution in [0.1, 0.15) is 21.5 Å². The molecule has 0 spiro atoms. The highest BCUT2D eigenvalue weighted by Crippen LogP contribution is 2.47. The fraction of sp³-hybridized carbons (Fsp3) is 0.296. The number of piperazine rings is 1. The zero-order valence-corrected chi connectivity index (χ0v) is 18.0. The molecule has 1 amide bonds. The van der Waals surface area contributed by atoms with Crippen LogP contribution in [0.4, 0.5) is 0 Å². The van der Waals surface area contributed by atoms with Gasteiger partial charge in [-0.05, 0) is 30.3 Å². The average molecular weight is 412 g/mol. The van der Waals surface area contributed by atoms with Crippen LogP contribution in [0.15, 0.2) is 91.0 Å². The summed E-state index contributed by atoms with van der Waals surface area (Å²) in [5.41, 5.74) is 3.29. The minimum absolute atomic E-state index is 0.142. The van der Waals surface area contributed by atoms with Gasteiger partial charge in [0.05, 0.1) is 5.54 Å².